The Morgan fingerprint density at radius 3 is 1.41 bits per heavy atom. The summed E-state index contributed by atoms with van der Waals surface area (Å²) in [5.41, 5.74) is 6.36. The second kappa shape index (κ2) is 9.41. The number of piperidine rings is 2. The van der Waals surface area contributed by atoms with Gasteiger partial charge in [-0.05, 0) is 43.0 Å². The molecule has 2 aliphatic rings. The van der Waals surface area contributed by atoms with Gasteiger partial charge in [-0.3, -0.25) is 4.79 Å². The van der Waals surface area contributed by atoms with Crippen molar-refractivity contribution in [3.8, 4) is 0 Å². The van der Waals surface area contributed by atoms with Gasteiger partial charge < -0.3 is 10.6 Å². The molecule has 3 heteroatoms. The highest BCUT2D eigenvalue weighted by Gasteiger charge is 2.62. The van der Waals surface area contributed by atoms with Crippen molar-refractivity contribution in [3.05, 3.63) is 143 Å². The van der Waals surface area contributed by atoms with E-state index in [9.17, 15) is 4.79 Å². The van der Waals surface area contributed by atoms with Crippen molar-refractivity contribution >= 4 is 5.78 Å². The largest absolute Gasteiger partial charge is 0.301 e. The smallest absolute Gasteiger partial charge is 0.149 e. The van der Waals surface area contributed by atoms with Crippen LogP contribution >= 0.6 is 0 Å². The van der Waals surface area contributed by atoms with E-state index in [4.69, 9.17) is 0 Å². The van der Waals surface area contributed by atoms with Gasteiger partial charge in [-0.25, -0.2) is 0 Å². The number of hydrogen-bond acceptors (Lipinski definition) is 3. The molecule has 0 aliphatic carbocycles. The van der Waals surface area contributed by atoms with Gasteiger partial charge in [-0.15, -0.1) is 0 Å². The van der Waals surface area contributed by atoms with E-state index in [-0.39, 0.29) is 30.1 Å². The summed E-state index contributed by atoms with van der Waals surface area (Å²) >= 11 is 0. The molecule has 2 heterocycles. The number of hydrogen-bond donors (Lipinski definition) is 2. The summed E-state index contributed by atoms with van der Waals surface area (Å²) in [6, 6.07) is 37.8. The zero-order valence-corrected chi connectivity index (χ0v) is 21.7. The van der Waals surface area contributed by atoms with Crippen LogP contribution in [0, 0.1) is 25.2 Å². The number of aryl methyl sites for hydroxylation is 2. The van der Waals surface area contributed by atoms with E-state index in [2.05, 4.69) is 128 Å². The fourth-order valence-electron chi connectivity index (χ4n) is 6.55. The maximum atomic E-state index is 14.9. The van der Waals surface area contributed by atoms with Crippen LogP contribution in [0.2, 0.25) is 0 Å². The van der Waals surface area contributed by atoms with Crippen molar-refractivity contribution in [2.24, 2.45) is 11.3 Å². The van der Waals surface area contributed by atoms with Gasteiger partial charge in [-0.1, -0.05) is 120 Å². The number of carbonyl (C=O) groups is 1. The van der Waals surface area contributed by atoms with Gasteiger partial charge in [0.25, 0.3) is 0 Å². The topological polar surface area (TPSA) is 41.1 Å². The predicted molar refractivity (Wildman–Crippen MR) is 149 cm³/mol. The number of nitrogens with one attached hydrogen (secondary N) is 2. The number of fused-ring (bicyclic) bond motifs is 2. The highest BCUT2D eigenvalue weighted by Crippen LogP contribution is 2.58. The minimum absolute atomic E-state index is 0.107. The molecule has 37 heavy (non-hydrogen) atoms. The van der Waals surface area contributed by atoms with Gasteiger partial charge >= 0.3 is 0 Å². The number of Topliss-reactive ketones (excluding diaryl/α,β-unsaturated/α-hetero) is 1. The Morgan fingerprint density at radius 2 is 0.919 bits per heavy atom. The highest BCUT2D eigenvalue weighted by molar-refractivity contribution is 5.92. The van der Waals surface area contributed by atoms with Crippen molar-refractivity contribution in [2.45, 2.75) is 44.9 Å². The first-order valence-electron chi connectivity index (χ1n) is 13.3. The molecule has 6 rings (SSSR count). The first-order chi connectivity index (χ1) is 18.0. The lowest BCUT2D eigenvalue weighted by Gasteiger charge is -2.58. The second-order valence-corrected chi connectivity index (χ2v) is 11.0. The molecule has 4 aromatic carbocycles. The first-order valence-corrected chi connectivity index (χ1v) is 13.3. The zero-order chi connectivity index (χ0) is 25.6. The lowest BCUT2D eigenvalue weighted by atomic mass is 9.56. The number of benzene rings is 4. The maximum absolute atomic E-state index is 14.9. The van der Waals surface area contributed by atoms with Crippen molar-refractivity contribution in [1.82, 2.24) is 10.6 Å². The molecular formula is C34H34N2O. The molecule has 6 atom stereocenters. The lowest BCUT2D eigenvalue weighted by molar-refractivity contribution is -0.150. The standard InChI is InChI=1S/C34H34N2O/c1-22-14-18-25(19-15-22)30-28-29(24-10-6-4-7-11-24)35-31(26-12-8-5-9-13-26)34(3,33(28)37)32(36-30)27-20-16-23(2)17-21-27/h4-21,28-32,35-36H,1-3H3. The summed E-state index contributed by atoms with van der Waals surface area (Å²) in [5, 5.41) is 8.06. The van der Waals surface area contributed by atoms with Crippen molar-refractivity contribution in [2.75, 3.05) is 0 Å². The Kier molecular flexibility index (Phi) is 6.06. The zero-order valence-electron chi connectivity index (χ0n) is 21.7. The monoisotopic (exact) mass is 486 g/mol. The van der Waals surface area contributed by atoms with Gasteiger partial charge in [0, 0.05) is 24.2 Å². The van der Waals surface area contributed by atoms with Crippen LogP contribution in [0.5, 0.6) is 0 Å². The van der Waals surface area contributed by atoms with Gasteiger partial charge in [0.15, 0.2) is 0 Å². The van der Waals surface area contributed by atoms with E-state index in [0.717, 1.165) is 22.3 Å². The van der Waals surface area contributed by atoms with Gasteiger partial charge in [-0.2, -0.15) is 0 Å². The third-order valence-electron chi connectivity index (χ3n) is 8.58. The maximum Gasteiger partial charge on any atom is 0.149 e. The van der Waals surface area contributed by atoms with Crippen LogP contribution in [0.3, 0.4) is 0 Å². The molecule has 0 amide bonds. The van der Waals surface area contributed by atoms with Crippen LogP contribution in [0.25, 0.3) is 0 Å². The van der Waals surface area contributed by atoms with Crippen LogP contribution in [0.4, 0.5) is 0 Å². The predicted octanol–water partition coefficient (Wildman–Crippen LogP) is 6.97. The molecule has 2 fully saturated rings. The second-order valence-electron chi connectivity index (χ2n) is 11.0. The fraction of sp³-hybridized carbons (Fsp3) is 0.265. The molecule has 2 bridgehead atoms. The molecule has 0 aromatic heterocycles. The molecule has 186 valence electrons. The van der Waals surface area contributed by atoms with E-state index in [1.807, 2.05) is 12.1 Å². The van der Waals surface area contributed by atoms with Crippen molar-refractivity contribution in [3.63, 3.8) is 0 Å². The molecule has 2 aliphatic heterocycles. The van der Waals surface area contributed by atoms with Crippen LogP contribution in [0.1, 0.15) is 64.5 Å². The van der Waals surface area contributed by atoms with Gasteiger partial charge in [0.1, 0.15) is 5.78 Å². The van der Waals surface area contributed by atoms with Crippen molar-refractivity contribution in [1.29, 1.82) is 0 Å². The van der Waals surface area contributed by atoms with Gasteiger partial charge in [0.2, 0.25) is 0 Å². The Bertz CT molecular complexity index is 1380. The van der Waals surface area contributed by atoms with Crippen LogP contribution < -0.4 is 10.6 Å². The molecule has 3 nitrogen and oxygen atoms in total. The summed E-state index contributed by atoms with van der Waals surface area (Å²) in [6.45, 7) is 6.38. The summed E-state index contributed by atoms with van der Waals surface area (Å²) in [4.78, 5) is 14.9. The van der Waals surface area contributed by atoms with E-state index in [1.54, 1.807) is 0 Å². The third kappa shape index (κ3) is 4.03. The molecule has 0 spiro atoms. The Balaban J connectivity index is 1.55. The number of rotatable bonds is 4. The molecule has 0 radical (unpaired) electrons. The quantitative estimate of drug-likeness (QED) is 0.327. The minimum atomic E-state index is -0.673. The average Bonchev–Trinajstić information content (AvgIpc) is 2.93. The van der Waals surface area contributed by atoms with E-state index >= 15 is 0 Å². The summed E-state index contributed by atoms with van der Waals surface area (Å²) in [6.07, 6.45) is 0. The highest BCUT2D eigenvalue weighted by atomic mass is 16.1. The minimum Gasteiger partial charge on any atom is -0.301 e. The fourth-order valence-corrected chi connectivity index (χ4v) is 6.55. The SMILES string of the molecule is Cc1ccc(C2NC(c3ccc(C)cc3)C3(C)C(=O)C2C(c2ccccc2)NC3c2ccccc2)cc1. The number of ketones is 1. The van der Waals surface area contributed by atoms with E-state index in [0.29, 0.717) is 5.78 Å². The van der Waals surface area contributed by atoms with E-state index < -0.39 is 5.41 Å². The average molecular weight is 487 g/mol. The van der Waals surface area contributed by atoms with Crippen LogP contribution in [-0.4, -0.2) is 5.78 Å². The van der Waals surface area contributed by atoms with Crippen molar-refractivity contribution < 1.29 is 4.79 Å². The molecule has 2 N–H and O–H groups in total. The molecular weight excluding hydrogens is 452 g/mol. The molecule has 0 saturated carbocycles. The third-order valence-corrected chi connectivity index (χ3v) is 8.58. The molecule has 2 saturated heterocycles. The van der Waals surface area contributed by atoms with Crippen LogP contribution in [-0.2, 0) is 4.79 Å². The normalized spacial score (nSPS) is 29.2. The Labute approximate surface area is 220 Å². The molecule has 6 unspecified atom stereocenters. The van der Waals surface area contributed by atoms with E-state index in [1.165, 1.54) is 11.1 Å². The summed E-state index contributed by atoms with van der Waals surface area (Å²) in [5.74, 6) is 0.0839. The Hall–Kier alpha value is -3.53. The lowest BCUT2D eigenvalue weighted by Crippen LogP contribution is -2.65. The summed E-state index contributed by atoms with van der Waals surface area (Å²) in [7, 11) is 0. The first kappa shape index (κ1) is 23.8. The van der Waals surface area contributed by atoms with Crippen LogP contribution in [0.15, 0.2) is 109 Å². The molecule has 4 aromatic rings. The Morgan fingerprint density at radius 1 is 0.541 bits per heavy atom. The van der Waals surface area contributed by atoms with Gasteiger partial charge in [0.05, 0.1) is 11.3 Å². The summed E-state index contributed by atoms with van der Waals surface area (Å²) < 4.78 is 0. The number of carbonyl (C=O) groups excluding carboxylic acids is 1.